The van der Waals surface area contributed by atoms with E-state index in [9.17, 15) is 13.7 Å². The van der Waals surface area contributed by atoms with Gasteiger partial charge in [-0.1, -0.05) is 48.5 Å². The molecule has 0 saturated heterocycles. The van der Waals surface area contributed by atoms with Crippen LogP contribution in [0.4, 0.5) is 5.69 Å². The number of rotatable bonds is 7. The first-order valence-corrected chi connectivity index (χ1v) is 13.3. The molecule has 8 heteroatoms. The molecule has 5 rings (SSSR count). The first-order chi connectivity index (χ1) is 17.5. The van der Waals surface area contributed by atoms with Crippen LogP contribution in [-0.2, 0) is 23.0 Å². The molecule has 1 N–H and O–H groups in total. The van der Waals surface area contributed by atoms with E-state index < -0.39 is 16.1 Å². The number of nitrogens with zero attached hydrogens (tertiary/aromatic N) is 4. The minimum atomic E-state index is -3.83. The lowest BCUT2D eigenvalue weighted by Gasteiger charge is -2.43. The lowest BCUT2D eigenvalue weighted by molar-refractivity contribution is 0.255. The van der Waals surface area contributed by atoms with Crippen LogP contribution in [0.1, 0.15) is 35.3 Å². The van der Waals surface area contributed by atoms with Gasteiger partial charge < -0.3 is 9.88 Å². The van der Waals surface area contributed by atoms with E-state index in [4.69, 9.17) is 0 Å². The van der Waals surface area contributed by atoms with E-state index in [0.717, 1.165) is 22.5 Å². The number of sulfonamides is 1. The number of nitriles is 1. The molecule has 1 aromatic heterocycles. The van der Waals surface area contributed by atoms with Crippen LogP contribution in [0.25, 0.3) is 0 Å². The SMILES string of the molecule is CC(c1ccccc1)N(C1Cc2cc(C#N)ccc2N(Cc2cnc[nH]2)C1)S(=O)(=O)c1ccccc1. The number of anilines is 1. The smallest absolute Gasteiger partial charge is 0.243 e. The Labute approximate surface area is 211 Å². The van der Waals surface area contributed by atoms with Gasteiger partial charge in [-0.3, -0.25) is 0 Å². The number of nitrogens with one attached hydrogen (secondary N) is 1. The van der Waals surface area contributed by atoms with Crippen molar-refractivity contribution < 1.29 is 8.42 Å². The van der Waals surface area contributed by atoms with Crippen molar-refractivity contribution in [1.82, 2.24) is 14.3 Å². The van der Waals surface area contributed by atoms with Gasteiger partial charge in [-0.25, -0.2) is 13.4 Å². The molecule has 0 saturated carbocycles. The number of imidazole rings is 1. The van der Waals surface area contributed by atoms with E-state index in [1.807, 2.05) is 61.5 Å². The standard InChI is InChI=1S/C28H27N5O2S/c1-21(23-8-4-2-5-9-23)33(36(34,35)27-10-6-3-7-11-27)26-15-24-14-22(16-29)12-13-28(24)32(19-26)18-25-17-30-20-31-25/h2-14,17,20-21,26H,15,18-19H2,1H3,(H,30,31). The van der Waals surface area contributed by atoms with Gasteiger partial charge in [0, 0.05) is 30.5 Å². The third-order valence-corrected chi connectivity index (χ3v) is 8.73. The molecule has 2 atom stereocenters. The third kappa shape index (κ3) is 4.63. The predicted octanol–water partition coefficient (Wildman–Crippen LogP) is 4.66. The fourth-order valence-corrected chi connectivity index (χ4v) is 6.82. The Balaban J connectivity index is 1.61. The first kappa shape index (κ1) is 23.8. The number of aromatic amines is 1. The summed E-state index contributed by atoms with van der Waals surface area (Å²) in [7, 11) is -3.83. The lowest BCUT2D eigenvalue weighted by Crippen LogP contribution is -2.51. The maximum Gasteiger partial charge on any atom is 0.243 e. The highest BCUT2D eigenvalue weighted by Crippen LogP contribution is 2.37. The average Bonchev–Trinajstić information content (AvgIpc) is 3.42. The average molecular weight is 498 g/mol. The summed E-state index contributed by atoms with van der Waals surface area (Å²) in [4.78, 5) is 9.73. The Hall–Kier alpha value is -3.93. The number of fused-ring (bicyclic) bond motifs is 1. The number of aromatic nitrogens is 2. The van der Waals surface area contributed by atoms with Gasteiger partial charge in [0.05, 0.1) is 35.1 Å². The van der Waals surface area contributed by atoms with Crippen LogP contribution in [-0.4, -0.2) is 35.3 Å². The molecule has 2 unspecified atom stereocenters. The molecule has 36 heavy (non-hydrogen) atoms. The normalized spacial score (nSPS) is 16.4. The van der Waals surface area contributed by atoms with Crippen LogP contribution in [0.5, 0.6) is 0 Å². The minimum Gasteiger partial charge on any atom is -0.364 e. The summed E-state index contributed by atoms with van der Waals surface area (Å²) in [5.41, 5.74) is 4.38. The van der Waals surface area contributed by atoms with Crippen molar-refractivity contribution in [2.75, 3.05) is 11.4 Å². The summed E-state index contributed by atoms with van der Waals surface area (Å²) in [6, 6.07) is 25.4. The lowest BCUT2D eigenvalue weighted by atomic mass is 9.94. The molecular weight excluding hydrogens is 470 g/mol. The summed E-state index contributed by atoms with van der Waals surface area (Å²) in [5, 5.41) is 9.52. The molecule has 0 amide bonds. The molecule has 2 heterocycles. The molecule has 1 aliphatic rings. The van der Waals surface area contributed by atoms with Crippen LogP contribution >= 0.6 is 0 Å². The van der Waals surface area contributed by atoms with Crippen molar-refractivity contribution in [3.05, 3.63) is 114 Å². The molecule has 182 valence electrons. The van der Waals surface area contributed by atoms with Gasteiger partial charge in [-0.2, -0.15) is 9.57 Å². The highest BCUT2D eigenvalue weighted by atomic mass is 32.2. The van der Waals surface area contributed by atoms with Crippen molar-refractivity contribution in [2.45, 2.75) is 36.9 Å². The Morgan fingerprint density at radius 3 is 2.50 bits per heavy atom. The zero-order valence-corrected chi connectivity index (χ0v) is 20.8. The summed E-state index contributed by atoms with van der Waals surface area (Å²) >= 11 is 0. The van der Waals surface area contributed by atoms with E-state index in [2.05, 4.69) is 20.9 Å². The van der Waals surface area contributed by atoms with Crippen molar-refractivity contribution in [3.63, 3.8) is 0 Å². The fraction of sp³-hybridized carbons (Fsp3) is 0.214. The maximum atomic E-state index is 14.1. The van der Waals surface area contributed by atoms with Gasteiger partial charge in [0.1, 0.15) is 0 Å². The monoisotopic (exact) mass is 497 g/mol. The topological polar surface area (TPSA) is 93.1 Å². The molecule has 4 aromatic rings. The van der Waals surface area contributed by atoms with Gasteiger partial charge in [0.15, 0.2) is 0 Å². The Bertz CT molecular complexity index is 1470. The fourth-order valence-electron chi connectivity index (χ4n) is 5.01. The number of H-pyrrole nitrogens is 1. The van der Waals surface area contributed by atoms with Crippen LogP contribution in [0, 0.1) is 11.3 Å². The van der Waals surface area contributed by atoms with E-state index in [0.29, 0.717) is 25.1 Å². The largest absolute Gasteiger partial charge is 0.364 e. The van der Waals surface area contributed by atoms with Crippen LogP contribution in [0.2, 0.25) is 0 Å². The maximum absolute atomic E-state index is 14.1. The van der Waals surface area contributed by atoms with Crippen LogP contribution < -0.4 is 4.90 Å². The molecule has 0 radical (unpaired) electrons. The summed E-state index contributed by atoms with van der Waals surface area (Å²) in [6.07, 6.45) is 3.92. The third-order valence-electron chi connectivity index (χ3n) is 6.69. The Morgan fingerprint density at radius 1 is 1.11 bits per heavy atom. The van der Waals surface area contributed by atoms with Crippen molar-refractivity contribution in [2.24, 2.45) is 0 Å². The summed E-state index contributed by atoms with van der Waals surface area (Å²) in [5.74, 6) is 0. The molecular formula is C28H27N5O2S. The highest BCUT2D eigenvalue weighted by molar-refractivity contribution is 7.89. The van der Waals surface area contributed by atoms with Crippen LogP contribution in [0.3, 0.4) is 0 Å². The highest BCUT2D eigenvalue weighted by Gasteiger charge is 2.39. The van der Waals surface area contributed by atoms with Gasteiger partial charge in [0.25, 0.3) is 0 Å². The second-order valence-electron chi connectivity index (χ2n) is 9.01. The zero-order chi connectivity index (χ0) is 25.1. The second-order valence-corrected chi connectivity index (χ2v) is 10.8. The molecule has 0 fully saturated rings. The number of hydrogen-bond acceptors (Lipinski definition) is 5. The van der Waals surface area contributed by atoms with Crippen molar-refractivity contribution in [1.29, 1.82) is 5.26 Å². The predicted molar refractivity (Wildman–Crippen MR) is 139 cm³/mol. The molecule has 0 aliphatic carbocycles. The first-order valence-electron chi connectivity index (χ1n) is 11.9. The summed E-state index contributed by atoms with van der Waals surface area (Å²) < 4.78 is 29.9. The summed E-state index contributed by atoms with van der Waals surface area (Å²) in [6.45, 7) is 2.99. The second kappa shape index (κ2) is 9.97. The molecule has 7 nitrogen and oxygen atoms in total. The molecule has 1 aliphatic heterocycles. The van der Waals surface area contributed by atoms with Gasteiger partial charge >= 0.3 is 0 Å². The van der Waals surface area contributed by atoms with E-state index >= 15 is 0 Å². The van der Waals surface area contributed by atoms with E-state index in [-0.39, 0.29) is 10.9 Å². The van der Waals surface area contributed by atoms with Crippen molar-refractivity contribution >= 4 is 15.7 Å². The van der Waals surface area contributed by atoms with E-state index in [1.165, 1.54) is 0 Å². The molecule has 0 bridgehead atoms. The van der Waals surface area contributed by atoms with Crippen LogP contribution in [0.15, 0.2) is 96.3 Å². The molecule has 0 spiro atoms. The molecule has 3 aromatic carbocycles. The Kier molecular flexibility index (Phi) is 6.59. The van der Waals surface area contributed by atoms with Gasteiger partial charge in [0.2, 0.25) is 10.0 Å². The zero-order valence-electron chi connectivity index (χ0n) is 19.9. The minimum absolute atomic E-state index is 0.268. The number of benzene rings is 3. The van der Waals surface area contributed by atoms with Gasteiger partial charge in [-0.05, 0) is 54.8 Å². The Morgan fingerprint density at radius 2 is 1.83 bits per heavy atom. The quantitative estimate of drug-likeness (QED) is 0.401. The van der Waals surface area contributed by atoms with E-state index in [1.54, 1.807) is 41.1 Å². The van der Waals surface area contributed by atoms with Gasteiger partial charge in [-0.15, -0.1) is 0 Å². The van der Waals surface area contributed by atoms with Crippen molar-refractivity contribution in [3.8, 4) is 6.07 Å². The number of hydrogen-bond donors (Lipinski definition) is 1.